The first-order valence-electron chi connectivity index (χ1n) is 9.06. The highest BCUT2D eigenvalue weighted by Crippen LogP contribution is 2.36. The standard InChI is InChI=1S/C22H20FN3O2S/c1-13-7-14(2)9-17(8-13)25-21(28)12-29-22-19(11-24)18(10-20(27)26-22)15-3-5-16(23)6-4-15/h3-9,18H,10,12H2,1-2H3,(H,25,28)(H,26,27)/t18-/m1/s1. The van der Waals surface area contributed by atoms with Gasteiger partial charge in [-0.15, -0.1) is 0 Å². The van der Waals surface area contributed by atoms with Crippen molar-refractivity contribution in [1.29, 1.82) is 5.26 Å². The molecule has 1 aliphatic rings. The van der Waals surface area contributed by atoms with Crippen molar-refractivity contribution in [2.24, 2.45) is 0 Å². The molecule has 0 radical (unpaired) electrons. The molecule has 148 valence electrons. The predicted molar refractivity (Wildman–Crippen MR) is 112 cm³/mol. The number of halogens is 1. The SMILES string of the molecule is Cc1cc(C)cc(NC(=O)CSC2=C(C#N)[C@@H](c3ccc(F)cc3)CC(=O)N2)c1. The van der Waals surface area contributed by atoms with Gasteiger partial charge < -0.3 is 10.6 Å². The van der Waals surface area contributed by atoms with E-state index in [4.69, 9.17) is 0 Å². The lowest BCUT2D eigenvalue weighted by atomic mass is 9.87. The number of hydrogen-bond donors (Lipinski definition) is 2. The smallest absolute Gasteiger partial charge is 0.234 e. The maximum Gasteiger partial charge on any atom is 0.234 e. The summed E-state index contributed by atoms with van der Waals surface area (Å²) in [6, 6.07) is 13.7. The van der Waals surface area contributed by atoms with E-state index in [1.807, 2.05) is 32.0 Å². The van der Waals surface area contributed by atoms with E-state index in [1.165, 1.54) is 12.1 Å². The lowest BCUT2D eigenvalue weighted by Crippen LogP contribution is -2.31. The molecule has 2 aromatic rings. The van der Waals surface area contributed by atoms with Gasteiger partial charge in [-0.25, -0.2) is 4.39 Å². The summed E-state index contributed by atoms with van der Waals surface area (Å²) in [5.74, 6) is -1.27. The summed E-state index contributed by atoms with van der Waals surface area (Å²) in [6.45, 7) is 3.91. The first-order valence-corrected chi connectivity index (χ1v) is 10.0. The number of anilines is 1. The van der Waals surface area contributed by atoms with E-state index in [0.717, 1.165) is 22.9 Å². The lowest BCUT2D eigenvalue weighted by molar-refractivity contribution is -0.121. The van der Waals surface area contributed by atoms with Crippen molar-refractivity contribution >= 4 is 29.3 Å². The molecule has 2 aromatic carbocycles. The number of amides is 2. The Morgan fingerprint density at radius 2 is 1.90 bits per heavy atom. The van der Waals surface area contributed by atoms with Crippen LogP contribution in [0.5, 0.6) is 0 Å². The van der Waals surface area contributed by atoms with Crippen LogP contribution in [0.25, 0.3) is 0 Å². The van der Waals surface area contributed by atoms with Crippen molar-refractivity contribution in [3.05, 3.63) is 75.6 Å². The Bertz CT molecular complexity index is 1010. The molecule has 0 saturated carbocycles. The number of nitriles is 1. The topological polar surface area (TPSA) is 82.0 Å². The number of hydrogen-bond acceptors (Lipinski definition) is 4. The molecule has 0 unspecified atom stereocenters. The second-order valence-electron chi connectivity index (χ2n) is 6.92. The number of aryl methyl sites for hydroxylation is 2. The van der Waals surface area contributed by atoms with E-state index in [1.54, 1.807) is 12.1 Å². The largest absolute Gasteiger partial charge is 0.325 e. The molecule has 0 fully saturated rings. The number of rotatable bonds is 5. The lowest BCUT2D eigenvalue weighted by Gasteiger charge is -2.25. The van der Waals surface area contributed by atoms with Gasteiger partial charge in [0.25, 0.3) is 0 Å². The molecule has 0 aromatic heterocycles. The van der Waals surface area contributed by atoms with Gasteiger partial charge in [0, 0.05) is 18.0 Å². The van der Waals surface area contributed by atoms with Crippen LogP contribution in [-0.2, 0) is 9.59 Å². The molecule has 0 spiro atoms. The van der Waals surface area contributed by atoms with Gasteiger partial charge in [-0.3, -0.25) is 9.59 Å². The zero-order valence-electron chi connectivity index (χ0n) is 16.1. The van der Waals surface area contributed by atoms with Gasteiger partial charge in [-0.2, -0.15) is 5.26 Å². The van der Waals surface area contributed by atoms with Crippen LogP contribution in [0.2, 0.25) is 0 Å². The zero-order valence-corrected chi connectivity index (χ0v) is 16.9. The van der Waals surface area contributed by atoms with Gasteiger partial charge in [0.2, 0.25) is 11.8 Å². The summed E-state index contributed by atoms with van der Waals surface area (Å²) in [5.41, 5.74) is 3.86. The zero-order chi connectivity index (χ0) is 21.0. The number of carbonyl (C=O) groups excluding carboxylic acids is 2. The Labute approximate surface area is 173 Å². The quantitative estimate of drug-likeness (QED) is 0.777. The van der Waals surface area contributed by atoms with Crippen LogP contribution in [0.3, 0.4) is 0 Å². The molecular weight excluding hydrogens is 389 g/mol. The first kappa shape index (κ1) is 20.6. The van der Waals surface area contributed by atoms with Crippen molar-refractivity contribution in [3.8, 4) is 6.07 Å². The summed E-state index contributed by atoms with van der Waals surface area (Å²) in [5, 5.41) is 15.5. The van der Waals surface area contributed by atoms with Gasteiger partial charge in [0.05, 0.1) is 22.4 Å². The summed E-state index contributed by atoms with van der Waals surface area (Å²) in [7, 11) is 0. The molecule has 29 heavy (non-hydrogen) atoms. The normalized spacial score (nSPS) is 16.2. The minimum absolute atomic E-state index is 0.0456. The Morgan fingerprint density at radius 1 is 1.24 bits per heavy atom. The van der Waals surface area contributed by atoms with Crippen LogP contribution in [0.1, 0.15) is 29.0 Å². The fourth-order valence-electron chi connectivity index (χ4n) is 3.29. The van der Waals surface area contributed by atoms with E-state index < -0.39 is 5.92 Å². The maximum atomic E-state index is 13.2. The number of benzene rings is 2. The molecular formula is C22H20FN3O2S. The Balaban J connectivity index is 1.75. The average Bonchev–Trinajstić information content (AvgIpc) is 2.65. The van der Waals surface area contributed by atoms with Gasteiger partial charge in [0.15, 0.2) is 0 Å². The van der Waals surface area contributed by atoms with E-state index in [0.29, 0.717) is 21.9 Å². The van der Waals surface area contributed by atoms with Crippen LogP contribution in [0.15, 0.2) is 53.1 Å². The first-order chi connectivity index (χ1) is 13.9. The highest BCUT2D eigenvalue weighted by Gasteiger charge is 2.29. The number of carbonyl (C=O) groups is 2. The molecule has 1 aliphatic heterocycles. The van der Waals surface area contributed by atoms with Gasteiger partial charge >= 0.3 is 0 Å². The number of nitrogens with one attached hydrogen (secondary N) is 2. The summed E-state index contributed by atoms with van der Waals surface area (Å²) >= 11 is 1.11. The molecule has 7 heteroatoms. The molecule has 5 nitrogen and oxygen atoms in total. The van der Waals surface area contributed by atoms with Crippen LogP contribution in [0.4, 0.5) is 10.1 Å². The summed E-state index contributed by atoms with van der Waals surface area (Å²) < 4.78 is 13.2. The van der Waals surface area contributed by atoms with Crippen molar-refractivity contribution in [2.45, 2.75) is 26.2 Å². The molecule has 2 amide bonds. The minimum atomic E-state index is -0.459. The second kappa shape index (κ2) is 8.93. The highest BCUT2D eigenvalue weighted by molar-refractivity contribution is 8.03. The van der Waals surface area contributed by atoms with E-state index in [2.05, 4.69) is 16.7 Å². The van der Waals surface area contributed by atoms with Crippen LogP contribution < -0.4 is 10.6 Å². The summed E-state index contributed by atoms with van der Waals surface area (Å²) in [4.78, 5) is 24.5. The van der Waals surface area contributed by atoms with E-state index >= 15 is 0 Å². The fourth-order valence-corrected chi connectivity index (χ4v) is 4.17. The fraction of sp³-hybridized carbons (Fsp3) is 0.227. The minimum Gasteiger partial charge on any atom is -0.325 e. The molecule has 2 N–H and O–H groups in total. The average molecular weight is 409 g/mol. The molecule has 1 heterocycles. The van der Waals surface area contributed by atoms with Crippen molar-refractivity contribution in [2.75, 3.05) is 11.1 Å². The molecule has 1 atom stereocenters. The maximum absolute atomic E-state index is 13.2. The van der Waals surface area contributed by atoms with Crippen molar-refractivity contribution in [3.63, 3.8) is 0 Å². The third kappa shape index (κ3) is 5.24. The summed E-state index contributed by atoms with van der Waals surface area (Å²) in [6.07, 6.45) is 0.105. The number of nitrogens with zero attached hydrogens (tertiary/aromatic N) is 1. The third-order valence-corrected chi connectivity index (χ3v) is 5.50. The Morgan fingerprint density at radius 3 is 2.52 bits per heavy atom. The highest BCUT2D eigenvalue weighted by atomic mass is 32.2. The second-order valence-corrected chi connectivity index (χ2v) is 7.91. The van der Waals surface area contributed by atoms with E-state index in [-0.39, 0.29) is 29.8 Å². The Kier molecular flexibility index (Phi) is 6.35. The monoisotopic (exact) mass is 409 g/mol. The van der Waals surface area contributed by atoms with E-state index in [9.17, 15) is 19.2 Å². The molecule has 3 rings (SSSR count). The number of allylic oxidation sites excluding steroid dienone is 1. The molecule has 0 saturated heterocycles. The number of thioether (sulfide) groups is 1. The van der Waals surface area contributed by atoms with Gasteiger partial charge in [0.1, 0.15) is 5.82 Å². The van der Waals surface area contributed by atoms with Crippen LogP contribution in [0, 0.1) is 31.0 Å². The van der Waals surface area contributed by atoms with Crippen molar-refractivity contribution < 1.29 is 14.0 Å². The van der Waals surface area contributed by atoms with Gasteiger partial charge in [-0.1, -0.05) is 30.0 Å². The third-order valence-electron chi connectivity index (χ3n) is 4.48. The van der Waals surface area contributed by atoms with Gasteiger partial charge in [-0.05, 0) is 54.8 Å². The van der Waals surface area contributed by atoms with Crippen LogP contribution in [-0.4, -0.2) is 17.6 Å². The molecule has 0 bridgehead atoms. The van der Waals surface area contributed by atoms with Crippen molar-refractivity contribution in [1.82, 2.24) is 5.32 Å². The molecule has 0 aliphatic carbocycles. The predicted octanol–water partition coefficient (Wildman–Crippen LogP) is 4.15. The Hall–Kier alpha value is -3.11. The van der Waals surface area contributed by atoms with Crippen LogP contribution >= 0.6 is 11.8 Å².